The maximum atomic E-state index is 11.9. The van der Waals surface area contributed by atoms with Gasteiger partial charge in [-0.3, -0.25) is 43.6 Å². The van der Waals surface area contributed by atoms with Crippen molar-refractivity contribution in [3.63, 3.8) is 0 Å². The normalized spacial score (nSPS) is 20.9. The van der Waals surface area contributed by atoms with Crippen LogP contribution in [0.1, 0.15) is 326 Å². The number of likely N-dealkylation sites (tertiary alicyclic amines) is 4. The van der Waals surface area contributed by atoms with Gasteiger partial charge >= 0.3 is 90.7 Å². The molecule has 5 fully saturated rings. The van der Waals surface area contributed by atoms with Gasteiger partial charge in [0.25, 0.3) is 0 Å². The number of ketones is 6. The fourth-order valence-electron chi connectivity index (χ4n) is 11.4. The number of halogens is 1. The molecule has 11 atom stereocenters. The van der Waals surface area contributed by atoms with Gasteiger partial charge < -0.3 is 98.3 Å². The molecule has 36 heteroatoms. The number of rotatable bonds is 11. The Labute approximate surface area is 756 Å². The fourth-order valence-corrected chi connectivity index (χ4v) is 11.4. The predicted octanol–water partition coefficient (Wildman–Crippen LogP) is 9.29. The van der Waals surface area contributed by atoms with Gasteiger partial charge in [0.15, 0.2) is 23.1 Å². The van der Waals surface area contributed by atoms with Crippen molar-refractivity contribution >= 4 is 118 Å². The third-order valence-corrected chi connectivity index (χ3v) is 16.6. The van der Waals surface area contributed by atoms with Crippen LogP contribution in [0.15, 0.2) is 4.99 Å². The number of imide groups is 1. The number of aliphatic imine (C=N–C) groups is 1. The molecule has 33 nitrogen and oxygen atoms in total. The molecule has 1 unspecified atom stereocenters. The number of aliphatic hydroxyl groups excluding tert-OH is 1. The number of aliphatic carboxylic acids is 1. The van der Waals surface area contributed by atoms with Crippen LogP contribution in [0.3, 0.4) is 0 Å². The largest absolute Gasteiger partial charge is 2.00 e. The zero-order chi connectivity index (χ0) is 88.8. The molecule has 0 aromatic rings. The summed E-state index contributed by atoms with van der Waals surface area (Å²) >= 11 is 0. The van der Waals surface area contributed by atoms with Crippen molar-refractivity contribution in [3.8, 4) is 0 Å². The Morgan fingerprint density at radius 2 is 0.850 bits per heavy atom. The molecule has 0 saturated carbocycles. The zero-order valence-corrected chi connectivity index (χ0v) is 80.5. The first-order valence-electron chi connectivity index (χ1n) is 38.9. The third-order valence-electron chi connectivity index (χ3n) is 16.6. The predicted molar refractivity (Wildman–Crippen MR) is 452 cm³/mol. The van der Waals surface area contributed by atoms with Crippen LogP contribution in [-0.2, 0) is 76.3 Å². The number of carboxylic acids is 1. The molecule has 6 heterocycles. The summed E-state index contributed by atoms with van der Waals surface area (Å²) in [5.74, 6) is -1.16. The molecular formula is C84H153BrLiMgN7O26. The number of alkyl carbamates (subject to hydrolysis) is 1. The van der Waals surface area contributed by atoms with Gasteiger partial charge in [-0.15, -0.1) is 0 Å². The van der Waals surface area contributed by atoms with Crippen molar-refractivity contribution in [1.82, 2.24) is 30.2 Å². The molecule has 120 heavy (non-hydrogen) atoms. The molecule has 0 aromatic heterocycles. The summed E-state index contributed by atoms with van der Waals surface area (Å²) in [5, 5.41) is 23.8. The molecule has 6 amide bonds. The number of ether oxygens (including phenoxy) is 8. The number of Topliss-reactive ketones (excluding diaryl/α,β-unsaturated/α-hetero) is 6. The van der Waals surface area contributed by atoms with E-state index in [9.17, 15) is 71.9 Å². The van der Waals surface area contributed by atoms with E-state index in [2.05, 4.69) is 27.3 Å². The van der Waals surface area contributed by atoms with Gasteiger partial charge in [0.05, 0.1) is 30.8 Å². The number of carbonyl (C=O) groups is 15. The summed E-state index contributed by atoms with van der Waals surface area (Å²) in [6, 6.07) is -1.57. The number of carboxylic acid groups (broad SMARTS) is 1. The number of nitrogens with one attached hydrogen (secondary N) is 2. The van der Waals surface area contributed by atoms with E-state index in [1.165, 1.54) is 32.6 Å². The standard InChI is InChI=1S/C12H21NO4.C12H21NO3.C11H17NO4.C11H19NO4.C11H21NO3.C10H18O5.C7H13NO.C7H11NO.2CH4.CH3.BrH.Li.Mg.H2O/c1-8(14)6-7-10(9(2)15)13-11(16)17-12(3,4)5;1-8-6-7-10(9(2)14)13(8)11(15)16-12(3,4)5;1-7(13)8-5-6-9(14)12(8)10(15)16-11(2,3)4;1-7-5-6-8(9(13)14)12(7)10(15)16-11(2,3)4;1-8-5-6-9(7-13)12(8)10(14)15-11(2,3)4;1-9(2,3)14-7(11)13-8(12)15-10(4,5)6;2*1-5-3-4-7(8-5)6(2)9;;;;;;;/h10H,6-7H2,1-5H3,(H,13,16);8,10H,6-7H2,1-5H3;8H,5-6H2,1-4H3;7-8H,5-6H2,1-4H3,(H,13,14);8-9,13H,5-7H2,1-4H3;1-6H3;5,7-8H,3-4H2,1-2H3;7H,3-4H2,1-2H3;2*1H4;1H3;1H;;;1H2/q;;;;;;;;;;-1;;+1;+2;/p-2/t;8-,10-;8-;7-,8-;8-,9-;;5-,7-;7-;;;;;;;/m.0000.00......./s1. The molecule has 6 rings (SSSR count). The maximum Gasteiger partial charge on any atom is 2.00 e. The number of aliphatic hydroxyl groups is 1. The molecule has 690 valence electrons. The van der Waals surface area contributed by atoms with Crippen LogP contribution in [0.2, 0.25) is 0 Å². The van der Waals surface area contributed by atoms with Crippen molar-refractivity contribution in [2.45, 2.75) is 432 Å². The van der Waals surface area contributed by atoms with Crippen molar-refractivity contribution in [2.75, 3.05) is 6.61 Å². The van der Waals surface area contributed by atoms with Crippen LogP contribution in [0, 0.1) is 7.43 Å². The van der Waals surface area contributed by atoms with Crippen molar-refractivity contribution < 1.29 is 161 Å². The average molecular weight is 1790 g/mol. The van der Waals surface area contributed by atoms with E-state index in [0.717, 1.165) is 62.0 Å². The Bertz CT molecular complexity index is 3170. The summed E-state index contributed by atoms with van der Waals surface area (Å²) in [6.07, 6.45) is 5.19. The van der Waals surface area contributed by atoms with Crippen molar-refractivity contribution in [2.24, 2.45) is 4.99 Å². The number of carbonyl (C=O) groups excluding carboxylic acids is 14. The molecule has 5 saturated heterocycles. The van der Waals surface area contributed by atoms with Crippen LogP contribution in [0.4, 0.5) is 33.6 Å². The molecule has 6 aliphatic rings. The summed E-state index contributed by atoms with van der Waals surface area (Å²) in [6.45, 7) is 55.6. The minimum Gasteiger partial charge on any atom is -1.00 e. The molecule has 0 bridgehead atoms. The summed E-state index contributed by atoms with van der Waals surface area (Å²) in [5.41, 5.74) is -3.12. The van der Waals surface area contributed by atoms with E-state index in [0.29, 0.717) is 31.7 Å². The molecule has 0 aliphatic carbocycles. The van der Waals surface area contributed by atoms with Gasteiger partial charge in [-0.25, -0.2) is 43.3 Å². The monoisotopic (exact) mass is 1790 g/mol. The summed E-state index contributed by atoms with van der Waals surface area (Å²) in [7, 11) is 0. The first kappa shape index (κ1) is 132. The van der Waals surface area contributed by atoms with Gasteiger partial charge in [-0.05, 0) is 299 Å². The van der Waals surface area contributed by atoms with Crippen molar-refractivity contribution in [3.05, 3.63) is 7.43 Å². The maximum absolute atomic E-state index is 11.9. The smallest absolute Gasteiger partial charge is 1.00 e. The topological polar surface area (TPSA) is 450 Å². The van der Waals surface area contributed by atoms with Crippen LogP contribution in [0.25, 0.3) is 0 Å². The van der Waals surface area contributed by atoms with Crippen LogP contribution in [0.5, 0.6) is 0 Å². The minimum atomic E-state index is -1.06. The van der Waals surface area contributed by atoms with E-state index < -0.39 is 93.9 Å². The van der Waals surface area contributed by atoms with E-state index in [-0.39, 0.29) is 201 Å². The summed E-state index contributed by atoms with van der Waals surface area (Å²) < 4.78 is 39.7. The fraction of sp³-hybridized carbons (Fsp3) is 0.798. The minimum absolute atomic E-state index is 0. The molecule has 0 spiro atoms. The van der Waals surface area contributed by atoms with E-state index in [4.69, 9.17) is 43.4 Å². The quantitative estimate of drug-likeness (QED) is 0.0492. The van der Waals surface area contributed by atoms with Crippen LogP contribution in [-0.4, -0.2) is 266 Å². The van der Waals surface area contributed by atoms with Gasteiger partial charge in [0, 0.05) is 42.7 Å². The van der Waals surface area contributed by atoms with E-state index in [1.807, 2.05) is 69.2 Å². The average Bonchev–Trinajstić information content (AvgIpc) is 1.69. The second-order valence-electron chi connectivity index (χ2n) is 36.1. The number of hydrogen-bond donors (Lipinski definition) is 4. The summed E-state index contributed by atoms with van der Waals surface area (Å²) in [4.78, 5) is 179. The van der Waals surface area contributed by atoms with Crippen LogP contribution < -0.4 is 46.5 Å². The van der Waals surface area contributed by atoms with Crippen molar-refractivity contribution in [1.29, 1.82) is 0 Å². The van der Waals surface area contributed by atoms with E-state index in [1.54, 1.807) is 128 Å². The second-order valence-corrected chi connectivity index (χ2v) is 36.1. The van der Waals surface area contributed by atoms with Gasteiger partial charge in [0.2, 0.25) is 5.91 Å². The Hall–Kier alpha value is -6.36. The molecule has 0 radical (unpaired) electrons. The Balaban J connectivity index is -0.000000167. The van der Waals surface area contributed by atoms with Crippen LogP contribution >= 0.6 is 0 Å². The van der Waals surface area contributed by atoms with Gasteiger partial charge in [-0.2, -0.15) is 0 Å². The molecular weight excluding hydrogens is 1630 g/mol. The Kier molecular flexibility index (Phi) is 64.4. The Morgan fingerprint density at radius 1 is 0.483 bits per heavy atom. The zero-order valence-electron chi connectivity index (χ0n) is 77.5. The SMILES string of the molecule is C.C.CC(=O)CCC(NC(=O)OC(C)(C)C)C(C)=O.CC(=O)[C@@H]1CCC(=O)N1C(=O)OC(C)(C)C.CC(=O)[C@@H]1CCC(C)=N1.CC(=O)[C@@H]1CC[C@H](C)N1.CC(=O)[C@@H]1CC[C@H](C)N1C(=O)OC(C)(C)C.CC(C)(C)OC(=O)OC(=O)OC(C)(C)C.C[C@H]1CC[C@@H](C(=O)O)N1C(=O)OC(C)(C)C.C[C@H]1CC[C@@H](CO)N1C(=O)OC(C)(C)C.[Br-].[CH3-].[Li+].[Mg+2].[OH-]. The number of nitrogens with zero attached hydrogens (tertiary/aromatic N) is 5. The van der Waals surface area contributed by atoms with Gasteiger partial charge in [-0.1, -0.05) is 14.9 Å². The second kappa shape index (κ2) is 58.7. The third kappa shape index (κ3) is 57.9. The molecule has 0 aromatic carbocycles. The first-order valence-corrected chi connectivity index (χ1v) is 38.9. The molecule has 6 aliphatic heterocycles. The van der Waals surface area contributed by atoms with Gasteiger partial charge in [0.1, 0.15) is 68.9 Å². The molecule has 5 N–H and O–H groups in total. The first-order chi connectivity index (χ1) is 51.0. The Morgan fingerprint density at radius 3 is 1.15 bits per heavy atom. The van der Waals surface area contributed by atoms with E-state index >= 15 is 0 Å². The number of hydrogen-bond acceptors (Lipinski definition) is 27. The number of amides is 6.